The molecule has 0 aliphatic rings. The van der Waals surface area contributed by atoms with Gasteiger partial charge in [0.15, 0.2) is 0 Å². The van der Waals surface area contributed by atoms with Crippen LogP contribution >= 0.6 is 0 Å². The standard InChI is InChI=1S/2C7H16.C6H14.C4H10N2/c2*1-5-6-7(2,3)4;1-3-5-6-4-2;1-4(5-2)6-3/h2*5-6H2,1-4H3;3-6H2,1-2H3;1-3H3,(H,5,6). The molecule has 0 heterocycles. The van der Waals surface area contributed by atoms with Crippen LogP contribution in [0.15, 0.2) is 4.99 Å². The predicted molar refractivity (Wildman–Crippen MR) is 127 cm³/mol. The van der Waals surface area contributed by atoms with Gasteiger partial charge in [0.05, 0.1) is 5.84 Å². The van der Waals surface area contributed by atoms with E-state index in [0.29, 0.717) is 10.8 Å². The van der Waals surface area contributed by atoms with E-state index in [2.05, 4.69) is 79.5 Å². The van der Waals surface area contributed by atoms with Crippen LogP contribution in [-0.4, -0.2) is 19.9 Å². The van der Waals surface area contributed by atoms with Crippen molar-refractivity contribution < 1.29 is 0 Å². The number of nitrogens with one attached hydrogen (secondary N) is 1. The molecule has 0 fully saturated rings. The summed E-state index contributed by atoms with van der Waals surface area (Å²) in [6.07, 6.45) is 10.8. The maximum Gasteiger partial charge on any atom is 0.0925 e. The van der Waals surface area contributed by atoms with Crippen molar-refractivity contribution in [3.63, 3.8) is 0 Å². The van der Waals surface area contributed by atoms with Crippen molar-refractivity contribution in [1.29, 1.82) is 0 Å². The minimum atomic E-state index is 0.550. The van der Waals surface area contributed by atoms with Crippen molar-refractivity contribution in [2.45, 2.75) is 128 Å². The highest BCUT2D eigenvalue weighted by Gasteiger charge is 2.06. The summed E-state index contributed by atoms with van der Waals surface area (Å²) < 4.78 is 0. The largest absolute Gasteiger partial charge is 0.377 e. The van der Waals surface area contributed by atoms with Crippen molar-refractivity contribution in [2.24, 2.45) is 15.8 Å². The summed E-state index contributed by atoms with van der Waals surface area (Å²) in [4.78, 5) is 3.81. The first-order valence-electron chi connectivity index (χ1n) is 11.0. The molecule has 26 heavy (non-hydrogen) atoms. The zero-order chi connectivity index (χ0) is 21.6. The van der Waals surface area contributed by atoms with Gasteiger partial charge in [-0.15, -0.1) is 0 Å². The molecule has 162 valence electrons. The molecule has 0 radical (unpaired) electrons. The Hall–Kier alpha value is -0.530. The molecule has 0 aromatic carbocycles. The number of amidine groups is 1. The molecule has 0 rings (SSSR count). The van der Waals surface area contributed by atoms with Gasteiger partial charge in [-0.2, -0.15) is 0 Å². The molecule has 0 aliphatic carbocycles. The Morgan fingerprint density at radius 3 is 1.04 bits per heavy atom. The molecule has 0 spiro atoms. The van der Waals surface area contributed by atoms with Gasteiger partial charge >= 0.3 is 0 Å². The average Bonchev–Trinajstić information content (AvgIpc) is 2.51. The van der Waals surface area contributed by atoms with Gasteiger partial charge in [-0.25, -0.2) is 0 Å². The second-order valence-electron chi connectivity index (χ2n) is 9.39. The van der Waals surface area contributed by atoms with Crippen LogP contribution < -0.4 is 5.32 Å². The molecule has 0 atom stereocenters. The molecule has 2 nitrogen and oxygen atoms in total. The quantitative estimate of drug-likeness (QED) is 0.292. The zero-order valence-corrected chi connectivity index (χ0v) is 21.1. The minimum Gasteiger partial charge on any atom is -0.377 e. The van der Waals surface area contributed by atoms with E-state index in [-0.39, 0.29) is 0 Å². The molecule has 0 aromatic heterocycles. The van der Waals surface area contributed by atoms with Gasteiger partial charge in [-0.3, -0.25) is 4.99 Å². The van der Waals surface area contributed by atoms with E-state index >= 15 is 0 Å². The number of hydrogen-bond donors (Lipinski definition) is 1. The molecule has 2 heteroatoms. The Morgan fingerprint density at radius 2 is 1.00 bits per heavy atom. The fraction of sp³-hybridized carbons (Fsp3) is 0.958. The summed E-state index contributed by atoms with van der Waals surface area (Å²) in [5, 5.41) is 2.86. The van der Waals surface area contributed by atoms with Crippen LogP contribution in [0.3, 0.4) is 0 Å². The lowest BCUT2D eigenvalue weighted by atomic mass is 9.91. The number of rotatable bonds is 5. The van der Waals surface area contributed by atoms with E-state index in [9.17, 15) is 0 Å². The number of nitrogens with zero attached hydrogens (tertiary/aromatic N) is 1. The van der Waals surface area contributed by atoms with Crippen molar-refractivity contribution in [3.05, 3.63) is 0 Å². The van der Waals surface area contributed by atoms with Gasteiger partial charge in [0.25, 0.3) is 0 Å². The molecule has 0 saturated carbocycles. The third-order valence-electron chi connectivity index (χ3n) is 3.65. The highest BCUT2D eigenvalue weighted by Crippen LogP contribution is 2.19. The van der Waals surface area contributed by atoms with Crippen LogP contribution in [0.5, 0.6) is 0 Å². The first-order valence-corrected chi connectivity index (χ1v) is 11.0. The summed E-state index contributed by atoms with van der Waals surface area (Å²) in [7, 11) is 3.61. The average molecular weight is 373 g/mol. The normalized spacial score (nSPS) is 11.2. The molecule has 0 amide bonds. The van der Waals surface area contributed by atoms with Crippen molar-refractivity contribution in [3.8, 4) is 0 Å². The third kappa shape index (κ3) is 56.6. The van der Waals surface area contributed by atoms with E-state index < -0.39 is 0 Å². The lowest BCUT2D eigenvalue weighted by Gasteiger charge is -2.15. The maximum absolute atomic E-state index is 3.81. The fourth-order valence-electron chi connectivity index (χ4n) is 2.11. The van der Waals surface area contributed by atoms with E-state index in [4.69, 9.17) is 0 Å². The van der Waals surface area contributed by atoms with E-state index in [1.165, 1.54) is 51.4 Å². The summed E-state index contributed by atoms with van der Waals surface area (Å²) in [6, 6.07) is 0. The van der Waals surface area contributed by atoms with Crippen LogP contribution in [0.4, 0.5) is 0 Å². The lowest BCUT2D eigenvalue weighted by molar-refractivity contribution is 0.373. The Labute approximate surface area is 169 Å². The van der Waals surface area contributed by atoms with Crippen molar-refractivity contribution >= 4 is 5.84 Å². The molecule has 0 aromatic rings. The third-order valence-corrected chi connectivity index (χ3v) is 3.65. The predicted octanol–water partition coefficient (Wildman–Crippen LogP) is 8.51. The molecular weight excluding hydrogens is 316 g/mol. The van der Waals surface area contributed by atoms with Gasteiger partial charge in [0, 0.05) is 14.1 Å². The molecular formula is C24H56N2. The summed E-state index contributed by atoms with van der Waals surface area (Å²) >= 11 is 0. The topological polar surface area (TPSA) is 24.4 Å². The van der Waals surface area contributed by atoms with Crippen molar-refractivity contribution in [2.75, 3.05) is 14.1 Å². The number of unbranched alkanes of at least 4 members (excludes halogenated alkanes) is 3. The van der Waals surface area contributed by atoms with Crippen LogP contribution in [0.1, 0.15) is 128 Å². The van der Waals surface area contributed by atoms with Gasteiger partial charge in [0.1, 0.15) is 0 Å². The minimum absolute atomic E-state index is 0.550. The van der Waals surface area contributed by atoms with Gasteiger partial charge in [-0.05, 0) is 30.6 Å². The molecule has 0 aliphatic heterocycles. The second kappa shape index (κ2) is 22.5. The van der Waals surface area contributed by atoms with Crippen molar-refractivity contribution in [1.82, 2.24) is 5.32 Å². The van der Waals surface area contributed by atoms with E-state index in [0.717, 1.165) is 5.84 Å². The monoisotopic (exact) mass is 372 g/mol. The Morgan fingerprint density at radius 1 is 0.692 bits per heavy atom. The van der Waals surface area contributed by atoms with Crippen LogP contribution in [-0.2, 0) is 0 Å². The van der Waals surface area contributed by atoms with Gasteiger partial charge in [0.2, 0.25) is 0 Å². The number of aliphatic imine (C=N–C) groups is 1. The van der Waals surface area contributed by atoms with E-state index in [1.54, 1.807) is 7.05 Å². The number of hydrogen-bond acceptors (Lipinski definition) is 1. The molecule has 0 bridgehead atoms. The van der Waals surface area contributed by atoms with Gasteiger partial charge < -0.3 is 5.32 Å². The maximum atomic E-state index is 3.81. The van der Waals surface area contributed by atoms with Crippen LogP contribution in [0.25, 0.3) is 0 Å². The van der Waals surface area contributed by atoms with Gasteiger partial charge in [-0.1, -0.05) is 108 Å². The first-order chi connectivity index (χ1) is 11.8. The summed E-state index contributed by atoms with van der Waals surface area (Å²) in [5.74, 6) is 0.968. The zero-order valence-electron chi connectivity index (χ0n) is 21.1. The fourth-order valence-corrected chi connectivity index (χ4v) is 2.11. The SMILES string of the molecule is CCCC(C)(C)C.CCCC(C)(C)C.CCCCCC.CN=C(C)NC. The molecule has 1 N–H and O–H groups in total. The highest BCUT2D eigenvalue weighted by atomic mass is 14.9. The first kappa shape index (κ1) is 33.1. The lowest BCUT2D eigenvalue weighted by Crippen LogP contribution is -2.12. The highest BCUT2D eigenvalue weighted by molar-refractivity contribution is 5.78. The summed E-state index contributed by atoms with van der Waals surface area (Å²) in [6.45, 7) is 24.5. The van der Waals surface area contributed by atoms with Crippen LogP contribution in [0.2, 0.25) is 0 Å². The summed E-state index contributed by atoms with van der Waals surface area (Å²) in [5.41, 5.74) is 1.10. The Bertz CT molecular complexity index is 247. The second-order valence-corrected chi connectivity index (χ2v) is 9.39. The smallest absolute Gasteiger partial charge is 0.0925 e. The Kier molecular flexibility index (Phi) is 28.6. The van der Waals surface area contributed by atoms with Crippen LogP contribution in [0, 0.1) is 10.8 Å². The van der Waals surface area contributed by atoms with E-state index in [1.807, 2.05) is 14.0 Å². The Balaban J connectivity index is -0.000000124. The molecule has 0 saturated heterocycles. The molecule has 0 unspecified atom stereocenters.